The average Bonchev–Trinajstić information content (AvgIpc) is 2.36. The molecule has 1 unspecified atom stereocenters. The molecule has 0 heterocycles. The molecule has 2 aromatic rings. The quantitative estimate of drug-likeness (QED) is 0.841. The summed E-state index contributed by atoms with van der Waals surface area (Å²) in [7, 11) is 0. The third-order valence-electron chi connectivity index (χ3n) is 2.77. The maximum Gasteiger partial charge on any atom is 0.123 e. The second-order valence-electron chi connectivity index (χ2n) is 4.22. The predicted molar refractivity (Wildman–Crippen MR) is 75.7 cm³/mol. The zero-order valence-electron chi connectivity index (χ0n) is 10.4. The van der Waals surface area contributed by atoms with Crippen LogP contribution in [0.4, 0.5) is 15.8 Å². The van der Waals surface area contributed by atoms with Crippen molar-refractivity contribution in [3.63, 3.8) is 0 Å². The summed E-state index contributed by atoms with van der Waals surface area (Å²) < 4.78 is 18.9. The highest BCUT2D eigenvalue weighted by Gasteiger charge is 2.13. The van der Waals surface area contributed by atoms with Crippen molar-refractivity contribution >= 4 is 23.0 Å². The molecule has 0 fully saturated rings. The lowest BCUT2D eigenvalue weighted by Crippen LogP contribution is -2.05. The van der Waals surface area contributed by atoms with Gasteiger partial charge in [-0.2, -0.15) is 0 Å². The molecular weight excluding hydrogens is 267 g/mol. The van der Waals surface area contributed by atoms with E-state index in [2.05, 4.69) is 0 Å². The molecule has 5 heteroatoms. The summed E-state index contributed by atoms with van der Waals surface area (Å²) in [4.78, 5) is 0. The number of rotatable bonds is 3. The molecule has 0 saturated carbocycles. The monoisotopic (exact) mass is 280 g/mol. The first-order chi connectivity index (χ1) is 8.97. The Labute approximate surface area is 115 Å². The van der Waals surface area contributed by atoms with Crippen LogP contribution < -0.4 is 16.2 Å². The van der Waals surface area contributed by atoms with Crippen LogP contribution in [0.5, 0.6) is 5.75 Å². The molecule has 0 aliphatic heterocycles. The molecule has 3 nitrogen and oxygen atoms in total. The van der Waals surface area contributed by atoms with Crippen molar-refractivity contribution in [2.75, 3.05) is 11.5 Å². The molecule has 0 radical (unpaired) electrons. The van der Waals surface area contributed by atoms with Gasteiger partial charge in [-0.3, -0.25) is 0 Å². The van der Waals surface area contributed by atoms with Crippen LogP contribution in [-0.4, -0.2) is 0 Å². The van der Waals surface area contributed by atoms with E-state index in [1.54, 1.807) is 25.1 Å². The van der Waals surface area contributed by atoms with Crippen LogP contribution in [0.15, 0.2) is 36.4 Å². The number of ether oxygens (including phenoxy) is 1. The van der Waals surface area contributed by atoms with E-state index in [9.17, 15) is 4.39 Å². The molecule has 0 bridgehead atoms. The molecule has 1 atom stereocenters. The zero-order valence-corrected chi connectivity index (χ0v) is 11.1. The van der Waals surface area contributed by atoms with Crippen molar-refractivity contribution in [1.29, 1.82) is 0 Å². The van der Waals surface area contributed by atoms with Crippen LogP contribution in [0.2, 0.25) is 5.02 Å². The SMILES string of the molecule is CC(Oc1ccc(N)c(N)c1)c1cc(F)ccc1Cl. The molecular formula is C14H14ClFN2O. The fourth-order valence-corrected chi connectivity index (χ4v) is 1.99. The predicted octanol–water partition coefficient (Wildman–Crippen LogP) is 3.78. The summed E-state index contributed by atoms with van der Waals surface area (Å²) in [6.45, 7) is 1.78. The second-order valence-corrected chi connectivity index (χ2v) is 4.62. The Morgan fingerprint density at radius 2 is 1.84 bits per heavy atom. The lowest BCUT2D eigenvalue weighted by Gasteiger charge is -2.17. The molecule has 0 aliphatic rings. The van der Waals surface area contributed by atoms with Gasteiger partial charge in [0.25, 0.3) is 0 Å². The van der Waals surface area contributed by atoms with Crippen molar-refractivity contribution in [1.82, 2.24) is 0 Å². The molecule has 2 aromatic carbocycles. The standard InChI is InChI=1S/C14H14ClFN2O/c1-8(11-6-9(16)2-4-12(11)15)19-10-3-5-13(17)14(18)7-10/h2-8H,17-18H2,1H3. The number of hydrogen-bond acceptors (Lipinski definition) is 3. The minimum atomic E-state index is -0.397. The van der Waals surface area contributed by atoms with Crippen molar-refractivity contribution < 1.29 is 9.13 Å². The first-order valence-electron chi connectivity index (χ1n) is 5.74. The smallest absolute Gasteiger partial charge is 0.123 e. The molecule has 19 heavy (non-hydrogen) atoms. The summed E-state index contributed by atoms with van der Waals surface area (Å²) >= 11 is 6.02. The molecule has 0 amide bonds. The van der Waals surface area contributed by atoms with Crippen LogP contribution in [0.25, 0.3) is 0 Å². The summed E-state index contributed by atoms with van der Waals surface area (Å²) in [6, 6.07) is 9.15. The minimum Gasteiger partial charge on any atom is -0.486 e. The first kappa shape index (κ1) is 13.5. The maximum absolute atomic E-state index is 13.2. The topological polar surface area (TPSA) is 61.3 Å². The molecule has 100 valence electrons. The van der Waals surface area contributed by atoms with E-state index in [0.717, 1.165) is 0 Å². The van der Waals surface area contributed by atoms with Crippen LogP contribution in [0.1, 0.15) is 18.6 Å². The number of hydrogen-bond donors (Lipinski definition) is 2. The zero-order chi connectivity index (χ0) is 14.0. The van der Waals surface area contributed by atoms with Gasteiger partial charge in [0, 0.05) is 16.7 Å². The first-order valence-corrected chi connectivity index (χ1v) is 6.12. The highest BCUT2D eigenvalue weighted by Crippen LogP contribution is 2.30. The van der Waals surface area contributed by atoms with Crippen molar-refractivity contribution in [2.24, 2.45) is 0 Å². The van der Waals surface area contributed by atoms with Gasteiger partial charge in [-0.1, -0.05) is 11.6 Å². The van der Waals surface area contributed by atoms with Gasteiger partial charge in [-0.15, -0.1) is 0 Å². The molecule has 0 aromatic heterocycles. The molecule has 0 aliphatic carbocycles. The van der Waals surface area contributed by atoms with Gasteiger partial charge in [-0.25, -0.2) is 4.39 Å². The fraction of sp³-hybridized carbons (Fsp3) is 0.143. The Morgan fingerprint density at radius 1 is 1.11 bits per heavy atom. The minimum absolute atomic E-state index is 0.355. The van der Waals surface area contributed by atoms with E-state index < -0.39 is 6.10 Å². The number of anilines is 2. The highest BCUT2D eigenvalue weighted by molar-refractivity contribution is 6.31. The lowest BCUT2D eigenvalue weighted by molar-refractivity contribution is 0.226. The normalized spacial score (nSPS) is 12.2. The summed E-state index contributed by atoms with van der Waals surface area (Å²) in [6.07, 6.45) is -0.397. The highest BCUT2D eigenvalue weighted by atomic mass is 35.5. The largest absolute Gasteiger partial charge is 0.486 e. The summed E-state index contributed by atoms with van der Waals surface area (Å²) in [5.74, 6) is 0.200. The van der Waals surface area contributed by atoms with Crippen LogP contribution >= 0.6 is 11.6 Å². The molecule has 0 saturated heterocycles. The summed E-state index contributed by atoms with van der Waals surface area (Å²) in [5, 5.41) is 0.456. The number of nitrogen functional groups attached to an aromatic ring is 2. The van der Waals surface area contributed by atoms with Crippen molar-refractivity contribution in [3.05, 3.63) is 52.8 Å². The van der Waals surface area contributed by atoms with Crippen LogP contribution in [-0.2, 0) is 0 Å². The van der Waals surface area contributed by atoms with E-state index in [4.69, 9.17) is 27.8 Å². The van der Waals surface area contributed by atoms with Crippen molar-refractivity contribution in [3.8, 4) is 5.75 Å². The average molecular weight is 281 g/mol. The van der Waals surface area contributed by atoms with E-state index in [1.807, 2.05) is 0 Å². The Morgan fingerprint density at radius 3 is 2.53 bits per heavy atom. The van der Waals surface area contributed by atoms with Gasteiger partial charge in [0.1, 0.15) is 17.7 Å². The lowest BCUT2D eigenvalue weighted by atomic mass is 10.1. The van der Waals surface area contributed by atoms with E-state index in [0.29, 0.717) is 27.7 Å². The Kier molecular flexibility index (Phi) is 3.81. The van der Waals surface area contributed by atoms with Crippen LogP contribution in [0.3, 0.4) is 0 Å². The fourth-order valence-electron chi connectivity index (χ4n) is 1.72. The third kappa shape index (κ3) is 3.09. The van der Waals surface area contributed by atoms with E-state index in [-0.39, 0.29) is 5.82 Å². The van der Waals surface area contributed by atoms with Gasteiger partial charge >= 0.3 is 0 Å². The van der Waals surface area contributed by atoms with E-state index in [1.165, 1.54) is 18.2 Å². The van der Waals surface area contributed by atoms with Gasteiger partial charge in [0.2, 0.25) is 0 Å². The van der Waals surface area contributed by atoms with Gasteiger partial charge < -0.3 is 16.2 Å². The number of halogens is 2. The Hall–Kier alpha value is -1.94. The van der Waals surface area contributed by atoms with E-state index >= 15 is 0 Å². The number of benzene rings is 2. The number of nitrogens with two attached hydrogens (primary N) is 2. The van der Waals surface area contributed by atoms with Crippen molar-refractivity contribution in [2.45, 2.75) is 13.0 Å². The van der Waals surface area contributed by atoms with Gasteiger partial charge in [-0.05, 0) is 37.3 Å². The third-order valence-corrected chi connectivity index (χ3v) is 3.11. The molecule has 2 rings (SSSR count). The molecule has 4 N–H and O–H groups in total. The van der Waals surface area contributed by atoms with Crippen LogP contribution in [0, 0.1) is 5.82 Å². The second kappa shape index (κ2) is 5.36. The Balaban J connectivity index is 2.22. The molecule has 0 spiro atoms. The Bertz CT molecular complexity index is 604. The van der Waals surface area contributed by atoms with Gasteiger partial charge in [0.05, 0.1) is 11.4 Å². The van der Waals surface area contributed by atoms with Gasteiger partial charge in [0.15, 0.2) is 0 Å². The summed E-state index contributed by atoms with van der Waals surface area (Å²) in [5.41, 5.74) is 12.8. The maximum atomic E-state index is 13.2.